The molecule has 126 valence electrons. The van der Waals surface area contributed by atoms with Crippen molar-refractivity contribution in [1.29, 1.82) is 0 Å². The number of aromatic nitrogens is 1. The Kier molecular flexibility index (Phi) is 4.98. The summed E-state index contributed by atoms with van der Waals surface area (Å²) in [5.41, 5.74) is -0.734. The van der Waals surface area contributed by atoms with Crippen molar-refractivity contribution in [1.82, 2.24) is 15.2 Å². The van der Waals surface area contributed by atoms with Crippen molar-refractivity contribution in [3.8, 4) is 5.75 Å². The summed E-state index contributed by atoms with van der Waals surface area (Å²) >= 11 is 0. The molecule has 8 heteroatoms. The van der Waals surface area contributed by atoms with E-state index in [-0.39, 0.29) is 12.2 Å². The Balaban J connectivity index is 2.23. The zero-order valence-corrected chi connectivity index (χ0v) is 13.1. The number of hydrogen-bond donors (Lipinski definition) is 3. The van der Waals surface area contributed by atoms with Crippen LogP contribution >= 0.6 is 0 Å². The lowest BCUT2D eigenvalue weighted by molar-refractivity contribution is 0.0821. The van der Waals surface area contributed by atoms with E-state index in [0.717, 1.165) is 6.07 Å². The maximum atomic E-state index is 12.8. The van der Waals surface area contributed by atoms with E-state index >= 15 is 0 Å². The highest BCUT2D eigenvalue weighted by molar-refractivity contribution is 5.97. The van der Waals surface area contributed by atoms with Crippen molar-refractivity contribution in [2.75, 3.05) is 14.1 Å². The molecule has 0 fully saturated rings. The highest BCUT2D eigenvalue weighted by atomic mass is 19.1. The third-order valence-electron chi connectivity index (χ3n) is 3.24. The Morgan fingerprint density at radius 3 is 2.46 bits per heavy atom. The number of aromatic hydroxyl groups is 1. The van der Waals surface area contributed by atoms with Crippen LogP contribution in [0.1, 0.15) is 26.5 Å². The van der Waals surface area contributed by atoms with Crippen LogP contribution in [0.2, 0.25) is 0 Å². The van der Waals surface area contributed by atoms with E-state index in [1.807, 2.05) is 0 Å². The quantitative estimate of drug-likeness (QED) is 0.772. The van der Waals surface area contributed by atoms with Gasteiger partial charge in [-0.25, -0.2) is 4.39 Å². The molecule has 0 radical (unpaired) electrons. The first-order valence-corrected chi connectivity index (χ1v) is 7.00. The van der Waals surface area contributed by atoms with Crippen molar-refractivity contribution >= 4 is 11.8 Å². The molecule has 0 unspecified atom stereocenters. The van der Waals surface area contributed by atoms with Crippen molar-refractivity contribution in [3.05, 3.63) is 63.3 Å². The average molecular weight is 333 g/mol. The Bertz CT molecular complexity index is 828. The first kappa shape index (κ1) is 17.2. The average Bonchev–Trinajstić information content (AvgIpc) is 2.55. The van der Waals surface area contributed by atoms with E-state index in [1.54, 1.807) is 0 Å². The minimum atomic E-state index is -0.842. The minimum Gasteiger partial charge on any atom is -0.503 e. The number of hydrogen-bond acceptors (Lipinski definition) is 4. The number of carbonyl (C=O) groups excluding carboxylic acids is 2. The normalized spacial score (nSPS) is 10.3. The standard InChI is InChI=1S/C16H16FN3O4/c1-20(2)16(24)11-7-12(21)14(22)13(19-11)15(23)18-8-9-3-5-10(17)6-4-9/h3-7,22H,8H2,1-2H3,(H,18,23)(H,19,21). The largest absolute Gasteiger partial charge is 0.503 e. The predicted octanol–water partition coefficient (Wildman–Crippen LogP) is 0.851. The summed E-state index contributed by atoms with van der Waals surface area (Å²) in [6.45, 7) is 0.0619. The second-order valence-corrected chi connectivity index (χ2v) is 5.28. The van der Waals surface area contributed by atoms with E-state index in [4.69, 9.17) is 0 Å². The highest BCUT2D eigenvalue weighted by Gasteiger charge is 2.19. The van der Waals surface area contributed by atoms with Crippen LogP contribution in [0.3, 0.4) is 0 Å². The fourth-order valence-corrected chi connectivity index (χ4v) is 1.95. The zero-order valence-electron chi connectivity index (χ0n) is 13.1. The van der Waals surface area contributed by atoms with Gasteiger partial charge in [0, 0.05) is 26.7 Å². The lowest BCUT2D eigenvalue weighted by atomic mass is 10.2. The summed E-state index contributed by atoms with van der Waals surface area (Å²) in [6, 6.07) is 6.40. The van der Waals surface area contributed by atoms with Gasteiger partial charge in [0.05, 0.1) is 0 Å². The topological polar surface area (TPSA) is 102 Å². The molecule has 0 saturated carbocycles. The Morgan fingerprint density at radius 1 is 1.25 bits per heavy atom. The van der Waals surface area contributed by atoms with Crippen LogP contribution in [-0.4, -0.2) is 40.9 Å². The van der Waals surface area contributed by atoms with Gasteiger partial charge in [-0.05, 0) is 17.7 Å². The van der Waals surface area contributed by atoms with Crippen LogP contribution in [0, 0.1) is 5.82 Å². The maximum absolute atomic E-state index is 12.8. The van der Waals surface area contributed by atoms with Gasteiger partial charge in [0.25, 0.3) is 11.8 Å². The molecule has 0 aliphatic heterocycles. The molecular weight excluding hydrogens is 317 g/mol. The van der Waals surface area contributed by atoms with Crippen molar-refractivity contribution in [3.63, 3.8) is 0 Å². The van der Waals surface area contributed by atoms with E-state index in [1.165, 1.54) is 43.3 Å². The van der Waals surface area contributed by atoms with Gasteiger partial charge in [0.1, 0.15) is 11.5 Å². The summed E-state index contributed by atoms with van der Waals surface area (Å²) in [7, 11) is 2.98. The van der Waals surface area contributed by atoms with Crippen molar-refractivity contribution in [2.24, 2.45) is 0 Å². The number of pyridine rings is 1. The van der Waals surface area contributed by atoms with Gasteiger partial charge in [-0.1, -0.05) is 12.1 Å². The van der Waals surface area contributed by atoms with Crippen LogP contribution in [0.25, 0.3) is 0 Å². The molecule has 2 aromatic rings. The second-order valence-electron chi connectivity index (χ2n) is 5.28. The summed E-state index contributed by atoms with van der Waals surface area (Å²) < 4.78 is 12.8. The summed E-state index contributed by atoms with van der Waals surface area (Å²) in [5.74, 6) is -2.45. The van der Waals surface area contributed by atoms with Gasteiger partial charge in [0.2, 0.25) is 5.43 Å². The Labute approximate surface area is 136 Å². The van der Waals surface area contributed by atoms with E-state index in [9.17, 15) is 23.9 Å². The number of H-pyrrole nitrogens is 1. The number of aromatic amines is 1. The van der Waals surface area contributed by atoms with Gasteiger partial charge < -0.3 is 20.3 Å². The number of rotatable bonds is 4. The first-order valence-electron chi connectivity index (χ1n) is 7.00. The molecule has 2 amide bonds. The van der Waals surface area contributed by atoms with Gasteiger partial charge in [-0.3, -0.25) is 14.4 Å². The van der Waals surface area contributed by atoms with E-state index in [0.29, 0.717) is 5.56 Å². The molecule has 0 aliphatic rings. The van der Waals surface area contributed by atoms with Crippen LogP contribution in [0.4, 0.5) is 4.39 Å². The fraction of sp³-hybridized carbons (Fsp3) is 0.188. The molecule has 0 atom stereocenters. The van der Waals surface area contributed by atoms with Crippen LogP contribution < -0.4 is 10.7 Å². The van der Waals surface area contributed by atoms with Gasteiger partial charge in [0.15, 0.2) is 11.4 Å². The number of amides is 2. The van der Waals surface area contributed by atoms with E-state index < -0.39 is 34.5 Å². The number of nitrogens with one attached hydrogen (secondary N) is 2. The van der Waals surface area contributed by atoms with Gasteiger partial charge >= 0.3 is 0 Å². The van der Waals surface area contributed by atoms with Gasteiger partial charge in [-0.15, -0.1) is 0 Å². The highest BCUT2D eigenvalue weighted by Crippen LogP contribution is 2.11. The summed E-state index contributed by atoms with van der Waals surface area (Å²) in [4.78, 5) is 39.5. The molecule has 0 aliphatic carbocycles. The van der Waals surface area contributed by atoms with Crippen LogP contribution in [0.5, 0.6) is 5.75 Å². The predicted molar refractivity (Wildman–Crippen MR) is 84.3 cm³/mol. The lowest BCUT2D eigenvalue weighted by Gasteiger charge is -2.12. The lowest BCUT2D eigenvalue weighted by Crippen LogP contribution is -2.29. The molecule has 1 aromatic carbocycles. The SMILES string of the molecule is CN(C)C(=O)c1cc(=O)c(O)c(C(=O)NCc2ccc(F)cc2)[nH]1. The number of carbonyl (C=O) groups is 2. The molecule has 0 bridgehead atoms. The summed E-state index contributed by atoms with van der Waals surface area (Å²) in [6.07, 6.45) is 0. The van der Waals surface area contributed by atoms with Crippen molar-refractivity contribution in [2.45, 2.75) is 6.54 Å². The molecule has 7 nitrogen and oxygen atoms in total. The Morgan fingerprint density at radius 2 is 1.88 bits per heavy atom. The molecular formula is C16H16FN3O4. The third-order valence-corrected chi connectivity index (χ3v) is 3.24. The second kappa shape index (κ2) is 6.95. The molecule has 0 spiro atoms. The summed E-state index contributed by atoms with van der Waals surface area (Å²) in [5, 5.41) is 12.2. The monoisotopic (exact) mass is 333 g/mol. The molecule has 2 rings (SSSR count). The fourth-order valence-electron chi connectivity index (χ4n) is 1.95. The zero-order chi connectivity index (χ0) is 17.9. The van der Waals surface area contributed by atoms with Crippen molar-refractivity contribution < 1.29 is 19.1 Å². The van der Waals surface area contributed by atoms with Crippen LogP contribution in [-0.2, 0) is 6.54 Å². The third kappa shape index (κ3) is 3.78. The van der Waals surface area contributed by atoms with Gasteiger partial charge in [-0.2, -0.15) is 0 Å². The van der Waals surface area contributed by atoms with E-state index in [2.05, 4.69) is 10.3 Å². The number of benzene rings is 1. The maximum Gasteiger partial charge on any atom is 0.271 e. The molecule has 0 saturated heterocycles. The molecule has 1 aromatic heterocycles. The number of halogens is 1. The minimum absolute atomic E-state index is 0.0619. The molecule has 1 heterocycles. The Hall–Kier alpha value is -3.16. The smallest absolute Gasteiger partial charge is 0.271 e. The van der Waals surface area contributed by atoms with Crippen LogP contribution in [0.15, 0.2) is 35.1 Å². The molecule has 24 heavy (non-hydrogen) atoms. The number of nitrogens with zero attached hydrogens (tertiary/aromatic N) is 1. The molecule has 3 N–H and O–H groups in total. The first-order chi connectivity index (χ1) is 11.3.